The summed E-state index contributed by atoms with van der Waals surface area (Å²) in [6, 6.07) is 9.86. The van der Waals surface area contributed by atoms with Crippen molar-refractivity contribution in [3.63, 3.8) is 0 Å². The monoisotopic (exact) mass is 305 g/mol. The molecule has 0 spiro atoms. The van der Waals surface area contributed by atoms with Crippen LogP contribution in [0.3, 0.4) is 0 Å². The molecule has 0 bridgehead atoms. The number of aromatic nitrogens is 1. The van der Waals surface area contributed by atoms with Crippen LogP contribution in [0.5, 0.6) is 0 Å². The molecule has 3 N–H and O–H groups in total. The fourth-order valence-corrected chi connectivity index (χ4v) is 2.51. The maximum absolute atomic E-state index is 5.82. The van der Waals surface area contributed by atoms with Crippen molar-refractivity contribution in [3.05, 3.63) is 35.9 Å². The van der Waals surface area contributed by atoms with Gasteiger partial charge < -0.3 is 11.1 Å². The van der Waals surface area contributed by atoms with Crippen molar-refractivity contribution in [1.29, 1.82) is 0 Å². The van der Waals surface area contributed by atoms with Gasteiger partial charge in [0.15, 0.2) is 0 Å². The van der Waals surface area contributed by atoms with E-state index in [1.807, 2.05) is 42.1 Å². The number of thiocarbonyl (C=S) groups is 1. The summed E-state index contributed by atoms with van der Waals surface area (Å²) in [7, 11) is 0. The summed E-state index contributed by atoms with van der Waals surface area (Å²) in [5.74, 6) is 0.833. The molecule has 0 saturated heterocycles. The van der Waals surface area contributed by atoms with E-state index in [2.05, 4.69) is 23.5 Å². The van der Waals surface area contributed by atoms with E-state index in [0.717, 1.165) is 35.2 Å². The Morgan fingerprint density at radius 1 is 1.45 bits per heavy atom. The van der Waals surface area contributed by atoms with E-state index in [4.69, 9.17) is 18.0 Å². The highest BCUT2D eigenvalue weighted by atomic mass is 32.2. The Bertz CT molecular complexity index is 613. The quantitative estimate of drug-likeness (QED) is 0.801. The van der Waals surface area contributed by atoms with E-state index in [1.54, 1.807) is 0 Å². The van der Waals surface area contributed by atoms with Gasteiger partial charge in [0.05, 0.1) is 5.52 Å². The molecule has 0 amide bonds. The number of hydrogen-bond acceptors (Lipinski definition) is 4. The van der Waals surface area contributed by atoms with Crippen LogP contribution in [0.4, 0.5) is 5.82 Å². The van der Waals surface area contributed by atoms with Gasteiger partial charge in [0, 0.05) is 22.7 Å². The molecular formula is C15H19N3S2. The largest absolute Gasteiger partial charge is 0.389 e. The second-order valence-corrected chi connectivity index (χ2v) is 6.41. The predicted octanol–water partition coefficient (Wildman–Crippen LogP) is 3.42. The molecule has 1 unspecified atom stereocenters. The van der Waals surface area contributed by atoms with Crippen molar-refractivity contribution in [1.82, 2.24) is 4.98 Å². The van der Waals surface area contributed by atoms with Gasteiger partial charge in [-0.15, -0.1) is 0 Å². The number of fused-ring (bicyclic) bond motifs is 1. The summed E-state index contributed by atoms with van der Waals surface area (Å²) in [5.41, 5.74) is 7.62. The molecule has 0 aliphatic rings. The lowest BCUT2D eigenvalue weighted by atomic mass is 10.1. The van der Waals surface area contributed by atoms with Crippen LogP contribution in [0.15, 0.2) is 30.3 Å². The third-order valence-corrected chi connectivity index (χ3v) is 4.50. The van der Waals surface area contributed by atoms with Gasteiger partial charge in [0.1, 0.15) is 10.8 Å². The Kier molecular flexibility index (Phi) is 5.20. The molecule has 0 fully saturated rings. The molecule has 0 aliphatic carbocycles. The van der Waals surface area contributed by atoms with Crippen molar-refractivity contribution >= 4 is 45.7 Å². The molecule has 106 valence electrons. The minimum atomic E-state index is 0.407. The van der Waals surface area contributed by atoms with E-state index in [9.17, 15) is 0 Å². The number of para-hydroxylation sites is 1. The highest BCUT2D eigenvalue weighted by Gasteiger charge is 2.08. The summed E-state index contributed by atoms with van der Waals surface area (Å²) in [5, 5.41) is 5.00. The van der Waals surface area contributed by atoms with Crippen molar-refractivity contribution in [2.45, 2.75) is 18.6 Å². The number of thioether (sulfide) groups is 1. The summed E-state index contributed by atoms with van der Waals surface area (Å²) >= 11 is 7.01. The fraction of sp³-hybridized carbons (Fsp3) is 0.333. The average Bonchev–Trinajstić information content (AvgIpc) is 2.46. The number of nitrogens with zero attached hydrogens (tertiary/aromatic N) is 1. The van der Waals surface area contributed by atoms with Gasteiger partial charge in [-0.3, -0.25) is 0 Å². The molecule has 0 aliphatic heterocycles. The smallest absolute Gasteiger partial charge is 0.127 e. The van der Waals surface area contributed by atoms with Crippen molar-refractivity contribution in [2.75, 3.05) is 18.1 Å². The Labute approximate surface area is 129 Å². The van der Waals surface area contributed by atoms with Gasteiger partial charge in [-0.2, -0.15) is 11.8 Å². The number of rotatable bonds is 6. The molecule has 1 atom stereocenters. The molecule has 20 heavy (non-hydrogen) atoms. The van der Waals surface area contributed by atoms with Gasteiger partial charge in [0.2, 0.25) is 0 Å². The first kappa shape index (κ1) is 15.1. The number of nitrogens with two attached hydrogens (primary N) is 1. The van der Waals surface area contributed by atoms with Crippen molar-refractivity contribution in [3.8, 4) is 0 Å². The molecule has 2 aromatic rings. The lowest BCUT2D eigenvalue weighted by Crippen LogP contribution is -2.13. The second kappa shape index (κ2) is 6.90. The van der Waals surface area contributed by atoms with Gasteiger partial charge in [-0.1, -0.05) is 37.3 Å². The van der Waals surface area contributed by atoms with E-state index >= 15 is 0 Å². The minimum Gasteiger partial charge on any atom is -0.389 e. The standard InChI is InChI=1S/C15H19N3S2/c1-10(20-2)7-8-17-14-9-12(15(16)19)11-5-3-4-6-13(11)18-14/h3-6,9-10H,7-8H2,1-2H3,(H2,16,19)(H,17,18). The van der Waals surface area contributed by atoms with Crippen LogP contribution < -0.4 is 11.1 Å². The summed E-state index contributed by atoms with van der Waals surface area (Å²) in [6.07, 6.45) is 3.22. The molecule has 1 aromatic carbocycles. The molecule has 3 nitrogen and oxygen atoms in total. The predicted molar refractivity (Wildman–Crippen MR) is 93.7 cm³/mol. The van der Waals surface area contributed by atoms with Crippen LogP contribution in [0.2, 0.25) is 0 Å². The number of pyridine rings is 1. The highest BCUT2D eigenvalue weighted by molar-refractivity contribution is 7.99. The molecule has 1 aromatic heterocycles. The topological polar surface area (TPSA) is 50.9 Å². The average molecular weight is 305 g/mol. The number of benzene rings is 1. The third kappa shape index (κ3) is 3.61. The summed E-state index contributed by atoms with van der Waals surface area (Å²) in [4.78, 5) is 5.01. The van der Waals surface area contributed by atoms with Crippen LogP contribution in [0.1, 0.15) is 18.9 Å². The Balaban J connectivity index is 2.24. The Morgan fingerprint density at radius 2 is 2.20 bits per heavy atom. The summed E-state index contributed by atoms with van der Waals surface area (Å²) < 4.78 is 0. The maximum atomic E-state index is 5.82. The van der Waals surface area contributed by atoms with Crippen LogP contribution in [-0.2, 0) is 0 Å². The van der Waals surface area contributed by atoms with Crippen LogP contribution in [0.25, 0.3) is 10.9 Å². The van der Waals surface area contributed by atoms with E-state index in [0.29, 0.717) is 10.2 Å². The van der Waals surface area contributed by atoms with E-state index in [1.165, 1.54) is 0 Å². The Hall–Kier alpha value is -1.33. The van der Waals surface area contributed by atoms with E-state index in [-0.39, 0.29) is 0 Å². The van der Waals surface area contributed by atoms with Crippen molar-refractivity contribution in [2.24, 2.45) is 5.73 Å². The zero-order valence-corrected chi connectivity index (χ0v) is 13.4. The number of nitrogens with one attached hydrogen (secondary N) is 1. The molecule has 1 heterocycles. The maximum Gasteiger partial charge on any atom is 0.127 e. The van der Waals surface area contributed by atoms with Crippen molar-refractivity contribution < 1.29 is 0 Å². The van der Waals surface area contributed by atoms with Crippen LogP contribution in [0, 0.1) is 0 Å². The normalized spacial score (nSPS) is 12.3. The summed E-state index contributed by atoms with van der Waals surface area (Å²) in [6.45, 7) is 3.12. The molecule has 5 heteroatoms. The van der Waals surface area contributed by atoms with Gasteiger partial charge in [-0.25, -0.2) is 4.98 Å². The first-order valence-electron chi connectivity index (χ1n) is 6.58. The molecule has 0 radical (unpaired) electrons. The lowest BCUT2D eigenvalue weighted by molar-refractivity contribution is 0.851. The highest BCUT2D eigenvalue weighted by Crippen LogP contribution is 2.21. The molecule has 0 saturated carbocycles. The lowest BCUT2D eigenvalue weighted by Gasteiger charge is -2.12. The fourth-order valence-electron chi connectivity index (χ4n) is 1.99. The van der Waals surface area contributed by atoms with Gasteiger partial charge in [-0.05, 0) is 24.8 Å². The molecule has 2 rings (SSSR count). The third-order valence-electron chi connectivity index (χ3n) is 3.24. The first-order valence-corrected chi connectivity index (χ1v) is 8.27. The zero-order chi connectivity index (χ0) is 14.5. The second-order valence-electron chi connectivity index (χ2n) is 4.70. The zero-order valence-electron chi connectivity index (χ0n) is 11.7. The van der Waals surface area contributed by atoms with Crippen LogP contribution >= 0.6 is 24.0 Å². The minimum absolute atomic E-state index is 0.407. The molecular weight excluding hydrogens is 286 g/mol. The van der Waals surface area contributed by atoms with E-state index < -0.39 is 0 Å². The number of hydrogen-bond donors (Lipinski definition) is 2. The SMILES string of the molecule is CSC(C)CCNc1cc(C(N)=S)c2ccccc2n1. The van der Waals surface area contributed by atoms with Gasteiger partial charge in [0.25, 0.3) is 0 Å². The van der Waals surface area contributed by atoms with Gasteiger partial charge >= 0.3 is 0 Å². The Morgan fingerprint density at radius 3 is 2.90 bits per heavy atom. The van der Waals surface area contributed by atoms with Crippen LogP contribution in [-0.4, -0.2) is 28.0 Å². The first-order chi connectivity index (χ1) is 9.61. The number of anilines is 1.